The Kier molecular flexibility index (Phi) is 4.49. The first kappa shape index (κ1) is 10.1. The van der Waals surface area contributed by atoms with Crippen molar-refractivity contribution in [1.29, 1.82) is 0 Å². The molecule has 0 radical (unpaired) electrons. The van der Waals surface area contributed by atoms with E-state index in [1.165, 1.54) is 0 Å². The quantitative estimate of drug-likeness (QED) is 0.375. The van der Waals surface area contributed by atoms with Crippen molar-refractivity contribution < 1.29 is 9.90 Å². The molecule has 0 aliphatic carbocycles. The van der Waals surface area contributed by atoms with Crippen LogP contribution in [0.25, 0.3) is 0 Å². The third kappa shape index (κ3) is 3.75. The molecule has 0 saturated carbocycles. The number of carbonyl (C=O) groups excluding carboxylic acids is 1. The van der Waals surface area contributed by atoms with Gasteiger partial charge in [-0.25, -0.2) is 0 Å². The standard InChI is InChI=1S/C7H14N2O2/c1-3-5(7(8)11)9-6(10)4-2/h4-5,7,11H,2-3,8H2,1H3,(H,9,10). The number of hydrogen-bond donors (Lipinski definition) is 3. The Morgan fingerprint density at radius 2 is 2.45 bits per heavy atom. The first-order chi connectivity index (χ1) is 5.11. The summed E-state index contributed by atoms with van der Waals surface area (Å²) in [4.78, 5) is 10.7. The summed E-state index contributed by atoms with van der Waals surface area (Å²) >= 11 is 0. The van der Waals surface area contributed by atoms with Crippen molar-refractivity contribution in [1.82, 2.24) is 5.32 Å². The van der Waals surface area contributed by atoms with E-state index in [0.717, 1.165) is 6.08 Å². The number of carbonyl (C=O) groups is 1. The molecule has 4 heteroatoms. The smallest absolute Gasteiger partial charge is 0.243 e. The van der Waals surface area contributed by atoms with Gasteiger partial charge in [0.25, 0.3) is 0 Å². The van der Waals surface area contributed by atoms with Crippen molar-refractivity contribution in [3.8, 4) is 0 Å². The summed E-state index contributed by atoms with van der Waals surface area (Å²) in [6, 6.07) is -0.388. The highest BCUT2D eigenvalue weighted by atomic mass is 16.3. The van der Waals surface area contributed by atoms with Crippen LogP contribution in [0, 0.1) is 0 Å². The van der Waals surface area contributed by atoms with E-state index in [0.29, 0.717) is 6.42 Å². The van der Waals surface area contributed by atoms with Crippen LogP contribution < -0.4 is 11.1 Å². The maximum atomic E-state index is 10.7. The molecule has 64 valence electrons. The number of amides is 1. The summed E-state index contributed by atoms with van der Waals surface area (Å²) in [7, 11) is 0. The lowest BCUT2D eigenvalue weighted by molar-refractivity contribution is -0.118. The summed E-state index contributed by atoms with van der Waals surface area (Å²) < 4.78 is 0. The van der Waals surface area contributed by atoms with Gasteiger partial charge in [0.05, 0.1) is 6.04 Å². The molecule has 0 spiro atoms. The molecule has 11 heavy (non-hydrogen) atoms. The summed E-state index contributed by atoms with van der Waals surface area (Å²) in [5.74, 6) is -0.318. The number of nitrogens with one attached hydrogen (secondary N) is 1. The van der Waals surface area contributed by atoms with Crippen LogP contribution in [0.2, 0.25) is 0 Å². The zero-order valence-electron chi connectivity index (χ0n) is 6.58. The fourth-order valence-corrected chi connectivity index (χ4v) is 0.671. The average molecular weight is 158 g/mol. The first-order valence-electron chi connectivity index (χ1n) is 3.48. The zero-order valence-corrected chi connectivity index (χ0v) is 6.58. The molecule has 4 N–H and O–H groups in total. The van der Waals surface area contributed by atoms with Crippen molar-refractivity contribution in [2.75, 3.05) is 0 Å². The van der Waals surface area contributed by atoms with Crippen LogP contribution in [-0.4, -0.2) is 23.3 Å². The largest absolute Gasteiger partial charge is 0.377 e. The fraction of sp³-hybridized carbons (Fsp3) is 0.571. The maximum Gasteiger partial charge on any atom is 0.243 e. The summed E-state index contributed by atoms with van der Waals surface area (Å²) in [5, 5.41) is 11.4. The fourth-order valence-electron chi connectivity index (χ4n) is 0.671. The van der Waals surface area contributed by atoms with Gasteiger partial charge in [0, 0.05) is 0 Å². The Morgan fingerprint density at radius 1 is 1.91 bits per heavy atom. The molecule has 0 aliphatic rings. The van der Waals surface area contributed by atoms with Gasteiger partial charge in [0.1, 0.15) is 6.23 Å². The molecule has 1 amide bonds. The molecule has 0 saturated heterocycles. The molecule has 0 rings (SSSR count). The number of aliphatic hydroxyl groups is 1. The zero-order chi connectivity index (χ0) is 8.85. The summed E-state index contributed by atoms with van der Waals surface area (Å²) in [5.41, 5.74) is 5.16. The number of rotatable bonds is 4. The van der Waals surface area contributed by atoms with Gasteiger partial charge in [-0.2, -0.15) is 0 Å². The highest BCUT2D eigenvalue weighted by Gasteiger charge is 2.13. The van der Waals surface area contributed by atoms with Gasteiger partial charge in [0.2, 0.25) is 5.91 Å². The highest BCUT2D eigenvalue weighted by molar-refractivity contribution is 5.87. The van der Waals surface area contributed by atoms with E-state index in [2.05, 4.69) is 11.9 Å². The van der Waals surface area contributed by atoms with Crippen molar-refractivity contribution in [2.24, 2.45) is 5.73 Å². The van der Waals surface area contributed by atoms with E-state index in [1.54, 1.807) is 0 Å². The molecule has 0 aromatic heterocycles. The van der Waals surface area contributed by atoms with E-state index in [1.807, 2.05) is 6.92 Å². The molecular formula is C7H14N2O2. The molecule has 4 nitrogen and oxygen atoms in total. The van der Waals surface area contributed by atoms with E-state index in [4.69, 9.17) is 10.8 Å². The van der Waals surface area contributed by atoms with Gasteiger partial charge in [-0.3, -0.25) is 4.79 Å². The number of hydrogen-bond acceptors (Lipinski definition) is 3. The second-order valence-corrected chi connectivity index (χ2v) is 2.22. The normalized spacial score (nSPS) is 15.2. The lowest BCUT2D eigenvalue weighted by atomic mass is 10.2. The molecule has 0 bridgehead atoms. The monoisotopic (exact) mass is 158 g/mol. The van der Waals surface area contributed by atoms with Crippen molar-refractivity contribution >= 4 is 5.91 Å². The van der Waals surface area contributed by atoms with Gasteiger partial charge in [0.15, 0.2) is 0 Å². The number of aliphatic hydroxyl groups excluding tert-OH is 1. The van der Waals surface area contributed by atoms with Crippen molar-refractivity contribution in [2.45, 2.75) is 25.6 Å². The first-order valence-corrected chi connectivity index (χ1v) is 3.48. The SMILES string of the molecule is C=CC(=O)NC(CC)C(N)O. The topological polar surface area (TPSA) is 75.4 Å². The average Bonchev–Trinajstić information content (AvgIpc) is 1.99. The molecule has 2 atom stereocenters. The van der Waals surface area contributed by atoms with Crippen LogP contribution in [0.3, 0.4) is 0 Å². The van der Waals surface area contributed by atoms with Crippen LogP contribution >= 0.6 is 0 Å². The van der Waals surface area contributed by atoms with E-state index < -0.39 is 6.23 Å². The minimum absolute atomic E-state index is 0.318. The predicted molar refractivity (Wildman–Crippen MR) is 42.6 cm³/mol. The van der Waals surface area contributed by atoms with Gasteiger partial charge in [-0.1, -0.05) is 13.5 Å². The molecule has 0 aliphatic heterocycles. The molecule has 0 heterocycles. The molecular weight excluding hydrogens is 144 g/mol. The van der Waals surface area contributed by atoms with Crippen molar-refractivity contribution in [3.05, 3.63) is 12.7 Å². The minimum Gasteiger partial charge on any atom is -0.377 e. The van der Waals surface area contributed by atoms with Gasteiger partial charge in [-0.05, 0) is 12.5 Å². The Labute approximate surface area is 66.1 Å². The van der Waals surface area contributed by atoms with Gasteiger partial charge in [-0.15, -0.1) is 0 Å². The Hall–Kier alpha value is -0.870. The Bertz CT molecular complexity index is 145. The molecule has 0 fully saturated rings. The third-order valence-corrected chi connectivity index (χ3v) is 1.37. The molecule has 2 unspecified atom stereocenters. The van der Waals surface area contributed by atoms with Crippen LogP contribution in [0.15, 0.2) is 12.7 Å². The van der Waals surface area contributed by atoms with E-state index in [-0.39, 0.29) is 11.9 Å². The highest BCUT2D eigenvalue weighted by Crippen LogP contribution is 1.92. The van der Waals surface area contributed by atoms with E-state index >= 15 is 0 Å². The Morgan fingerprint density at radius 3 is 2.73 bits per heavy atom. The summed E-state index contributed by atoms with van der Waals surface area (Å²) in [6.07, 6.45) is 0.728. The van der Waals surface area contributed by atoms with E-state index in [9.17, 15) is 4.79 Å². The van der Waals surface area contributed by atoms with Gasteiger partial charge >= 0.3 is 0 Å². The minimum atomic E-state index is -1.01. The predicted octanol–water partition coefficient (Wildman–Crippen LogP) is -0.656. The van der Waals surface area contributed by atoms with Crippen molar-refractivity contribution in [3.63, 3.8) is 0 Å². The number of nitrogens with two attached hydrogens (primary N) is 1. The third-order valence-electron chi connectivity index (χ3n) is 1.37. The maximum absolute atomic E-state index is 10.7. The van der Waals surface area contributed by atoms with Crippen LogP contribution in [0.5, 0.6) is 0 Å². The second kappa shape index (κ2) is 4.87. The molecule has 0 aromatic rings. The lowest BCUT2D eigenvalue weighted by Gasteiger charge is -2.18. The summed E-state index contributed by atoms with van der Waals surface area (Å²) in [6.45, 7) is 5.10. The van der Waals surface area contributed by atoms with Crippen LogP contribution in [0.4, 0.5) is 0 Å². The molecule has 0 aromatic carbocycles. The van der Waals surface area contributed by atoms with Crippen LogP contribution in [0.1, 0.15) is 13.3 Å². The second-order valence-electron chi connectivity index (χ2n) is 2.22. The van der Waals surface area contributed by atoms with Crippen LogP contribution in [-0.2, 0) is 4.79 Å². The lowest BCUT2D eigenvalue weighted by Crippen LogP contribution is -2.46. The Balaban J connectivity index is 3.87. The van der Waals surface area contributed by atoms with Gasteiger partial charge < -0.3 is 16.2 Å².